The van der Waals surface area contributed by atoms with Crippen molar-refractivity contribution in [3.05, 3.63) is 54.7 Å². The highest BCUT2D eigenvalue weighted by atomic mass is 16.3. The summed E-state index contributed by atoms with van der Waals surface area (Å²) in [5, 5.41) is 16.0. The Morgan fingerprint density at radius 1 is 0.958 bits per heavy atom. The lowest BCUT2D eigenvalue weighted by Gasteiger charge is -2.11. The standard InChI is InChI=1S/C18H17N5O/c24-14-8-6-12(7-9-14)20-17-11-16(15-3-1-2-10-19-15)22-18(23-17)21-13-4-5-13/h1-3,6-11,13,24H,4-5H2,(H2,20,21,22,23). The molecule has 1 saturated carbocycles. The molecule has 0 unspecified atom stereocenters. The van der Waals surface area contributed by atoms with Crippen molar-refractivity contribution in [1.82, 2.24) is 15.0 Å². The Bertz CT molecular complexity index is 832. The van der Waals surface area contributed by atoms with Gasteiger partial charge in [-0.3, -0.25) is 4.98 Å². The van der Waals surface area contributed by atoms with Gasteiger partial charge in [-0.15, -0.1) is 0 Å². The number of phenolic OH excluding ortho intramolecular Hbond substituents is 1. The van der Waals surface area contributed by atoms with Crippen molar-refractivity contribution in [2.24, 2.45) is 0 Å². The molecule has 6 nitrogen and oxygen atoms in total. The average Bonchev–Trinajstić information content (AvgIpc) is 3.42. The number of rotatable bonds is 5. The number of benzene rings is 1. The SMILES string of the molecule is Oc1ccc(Nc2cc(-c3ccccn3)nc(NC3CC3)n2)cc1. The fraction of sp³-hybridized carbons (Fsp3) is 0.167. The summed E-state index contributed by atoms with van der Waals surface area (Å²) in [4.78, 5) is 13.5. The van der Waals surface area contributed by atoms with Crippen molar-refractivity contribution in [2.75, 3.05) is 10.6 Å². The van der Waals surface area contributed by atoms with Crippen molar-refractivity contribution in [3.8, 4) is 17.1 Å². The second-order valence-corrected chi connectivity index (χ2v) is 5.77. The molecule has 0 atom stereocenters. The fourth-order valence-corrected chi connectivity index (χ4v) is 2.32. The number of nitrogens with zero attached hydrogens (tertiary/aromatic N) is 3. The van der Waals surface area contributed by atoms with Crippen molar-refractivity contribution in [3.63, 3.8) is 0 Å². The second kappa shape index (κ2) is 6.16. The minimum Gasteiger partial charge on any atom is -0.508 e. The molecule has 0 spiro atoms. The van der Waals surface area contributed by atoms with Crippen LogP contribution in [-0.4, -0.2) is 26.1 Å². The van der Waals surface area contributed by atoms with Crippen LogP contribution >= 0.6 is 0 Å². The molecule has 1 aromatic carbocycles. The van der Waals surface area contributed by atoms with Crippen LogP contribution in [0.1, 0.15) is 12.8 Å². The molecule has 1 aliphatic rings. The van der Waals surface area contributed by atoms with Gasteiger partial charge in [0.2, 0.25) is 5.95 Å². The average molecular weight is 319 g/mol. The predicted molar refractivity (Wildman–Crippen MR) is 93.3 cm³/mol. The highest BCUT2D eigenvalue weighted by Crippen LogP contribution is 2.27. The summed E-state index contributed by atoms with van der Waals surface area (Å²) in [6.07, 6.45) is 4.05. The summed E-state index contributed by atoms with van der Waals surface area (Å²) in [5.74, 6) is 1.51. The Hall–Kier alpha value is -3.15. The van der Waals surface area contributed by atoms with Gasteiger partial charge in [0.25, 0.3) is 0 Å². The summed E-state index contributed by atoms with van der Waals surface area (Å²) < 4.78 is 0. The van der Waals surface area contributed by atoms with E-state index in [0.717, 1.165) is 29.9 Å². The van der Waals surface area contributed by atoms with Crippen LogP contribution in [0.5, 0.6) is 5.75 Å². The Morgan fingerprint density at radius 3 is 2.50 bits per heavy atom. The van der Waals surface area contributed by atoms with Crippen LogP contribution in [0.25, 0.3) is 11.4 Å². The maximum Gasteiger partial charge on any atom is 0.225 e. The minimum atomic E-state index is 0.230. The molecule has 24 heavy (non-hydrogen) atoms. The molecule has 0 amide bonds. The number of nitrogens with one attached hydrogen (secondary N) is 2. The summed E-state index contributed by atoms with van der Waals surface area (Å²) in [6, 6.07) is 14.9. The lowest BCUT2D eigenvalue weighted by atomic mass is 10.2. The third-order valence-corrected chi connectivity index (χ3v) is 3.70. The van der Waals surface area contributed by atoms with E-state index in [4.69, 9.17) is 0 Å². The van der Waals surface area contributed by atoms with Gasteiger partial charge in [0.15, 0.2) is 0 Å². The monoisotopic (exact) mass is 319 g/mol. The van der Waals surface area contributed by atoms with E-state index in [1.54, 1.807) is 30.5 Å². The van der Waals surface area contributed by atoms with Crippen LogP contribution in [0.4, 0.5) is 17.5 Å². The Kier molecular flexibility index (Phi) is 3.70. The number of phenols is 1. The smallest absolute Gasteiger partial charge is 0.225 e. The molecule has 120 valence electrons. The maximum absolute atomic E-state index is 9.39. The first-order valence-corrected chi connectivity index (χ1v) is 7.89. The number of pyridine rings is 1. The molecule has 1 aliphatic carbocycles. The van der Waals surface area contributed by atoms with Gasteiger partial charge in [-0.25, -0.2) is 4.98 Å². The number of hydrogen-bond acceptors (Lipinski definition) is 6. The molecule has 1 fully saturated rings. The normalized spacial score (nSPS) is 13.5. The largest absolute Gasteiger partial charge is 0.508 e. The number of aromatic hydroxyl groups is 1. The van der Waals surface area contributed by atoms with Crippen LogP contribution in [0.2, 0.25) is 0 Å². The van der Waals surface area contributed by atoms with E-state index in [2.05, 4.69) is 25.6 Å². The molecule has 0 radical (unpaired) electrons. The lowest BCUT2D eigenvalue weighted by Crippen LogP contribution is -2.08. The molecular weight excluding hydrogens is 302 g/mol. The number of hydrogen-bond donors (Lipinski definition) is 3. The first-order chi connectivity index (χ1) is 11.8. The zero-order chi connectivity index (χ0) is 16.4. The van der Waals surface area contributed by atoms with Crippen LogP contribution in [0.15, 0.2) is 54.7 Å². The van der Waals surface area contributed by atoms with Crippen LogP contribution < -0.4 is 10.6 Å². The summed E-state index contributed by atoms with van der Waals surface area (Å²) in [6.45, 7) is 0. The predicted octanol–water partition coefficient (Wildman–Crippen LogP) is 3.56. The van der Waals surface area contributed by atoms with Gasteiger partial charge in [0.1, 0.15) is 11.6 Å². The third kappa shape index (κ3) is 3.43. The van der Waals surface area contributed by atoms with Gasteiger partial charge in [-0.05, 0) is 49.2 Å². The lowest BCUT2D eigenvalue weighted by molar-refractivity contribution is 0.475. The number of aromatic nitrogens is 3. The maximum atomic E-state index is 9.39. The molecule has 2 aromatic heterocycles. The van der Waals surface area contributed by atoms with Crippen LogP contribution in [0.3, 0.4) is 0 Å². The Labute approximate surface area is 139 Å². The van der Waals surface area contributed by atoms with E-state index < -0.39 is 0 Å². The van der Waals surface area contributed by atoms with E-state index >= 15 is 0 Å². The Balaban J connectivity index is 1.67. The van der Waals surface area contributed by atoms with Crippen molar-refractivity contribution in [1.29, 1.82) is 0 Å². The summed E-state index contributed by atoms with van der Waals surface area (Å²) in [5.41, 5.74) is 2.40. The third-order valence-electron chi connectivity index (χ3n) is 3.70. The highest BCUT2D eigenvalue weighted by molar-refractivity contribution is 5.65. The van der Waals surface area contributed by atoms with Gasteiger partial charge >= 0.3 is 0 Å². The number of anilines is 3. The van der Waals surface area contributed by atoms with Crippen molar-refractivity contribution >= 4 is 17.5 Å². The first kappa shape index (κ1) is 14.4. The molecule has 2 heterocycles. The van der Waals surface area contributed by atoms with Crippen LogP contribution in [0, 0.1) is 0 Å². The van der Waals surface area contributed by atoms with Gasteiger partial charge in [-0.1, -0.05) is 6.07 Å². The molecule has 0 aliphatic heterocycles. The van der Waals surface area contributed by atoms with Gasteiger partial charge in [0, 0.05) is 24.0 Å². The second-order valence-electron chi connectivity index (χ2n) is 5.77. The molecule has 0 saturated heterocycles. The van der Waals surface area contributed by atoms with Crippen molar-refractivity contribution in [2.45, 2.75) is 18.9 Å². The van der Waals surface area contributed by atoms with E-state index in [-0.39, 0.29) is 5.75 Å². The molecule has 3 N–H and O–H groups in total. The summed E-state index contributed by atoms with van der Waals surface area (Å²) in [7, 11) is 0. The summed E-state index contributed by atoms with van der Waals surface area (Å²) >= 11 is 0. The molecule has 4 rings (SSSR count). The topological polar surface area (TPSA) is 83.0 Å². The molecule has 0 bridgehead atoms. The van der Waals surface area contributed by atoms with Gasteiger partial charge < -0.3 is 15.7 Å². The first-order valence-electron chi connectivity index (χ1n) is 7.89. The minimum absolute atomic E-state index is 0.230. The quantitative estimate of drug-likeness (QED) is 0.624. The van der Waals surface area contributed by atoms with E-state index in [9.17, 15) is 5.11 Å². The Morgan fingerprint density at radius 2 is 1.79 bits per heavy atom. The van der Waals surface area contributed by atoms with Gasteiger partial charge in [0.05, 0.1) is 11.4 Å². The van der Waals surface area contributed by atoms with Crippen LogP contribution in [-0.2, 0) is 0 Å². The van der Waals surface area contributed by atoms with Gasteiger partial charge in [-0.2, -0.15) is 4.98 Å². The van der Waals surface area contributed by atoms with E-state index in [1.807, 2.05) is 24.3 Å². The van der Waals surface area contributed by atoms with E-state index in [0.29, 0.717) is 17.8 Å². The fourth-order valence-electron chi connectivity index (χ4n) is 2.32. The molecular formula is C18H17N5O. The zero-order valence-corrected chi connectivity index (χ0v) is 13.0. The molecule has 3 aromatic rings. The highest BCUT2D eigenvalue weighted by Gasteiger charge is 2.22. The van der Waals surface area contributed by atoms with Crippen molar-refractivity contribution < 1.29 is 5.11 Å². The van der Waals surface area contributed by atoms with E-state index in [1.165, 1.54) is 0 Å². The molecule has 6 heteroatoms. The zero-order valence-electron chi connectivity index (χ0n) is 13.0.